The van der Waals surface area contributed by atoms with Crippen LogP contribution in [0.5, 0.6) is 0 Å². The van der Waals surface area contributed by atoms with Gasteiger partial charge in [0.1, 0.15) is 12.0 Å². The third kappa shape index (κ3) is 4.64. The molecule has 3 N–H and O–H groups in total. The summed E-state index contributed by atoms with van der Waals surface area (Å²) < 4.78 is 27.2. The van der Waals surface area contributed by atoms with Crippen molar-refractivity contribution < 1.29 is 23.2 Å². The van der Waals surface area contributed by atoms with Crippen molar-refractivity contribution in [2.45, 2.75) is 20.9 Å². The minimum absolute atomic E-state index is 0.0112. The number of amidine groups is 1. The number of nitrogens with zero attached hydrogens (tertiary/aromatic N) is 3. The maximum atomic E-state index is 13.4. The predicted octanol–water partition coefficient (Wildman–Crippen LogP) is 3.96. The zero-order valence-electron chi connectivity index (χ0n) is 16.7. The van der Waals surface area contributed by atoms with Gasteiger partial charge in [0.2, 0.25) is 9.84 Å². The predicted molar refractivity (Wildman–Crippen MR) is 121 cm³/mol. The summed E-state index contributed by atoms with van der Waals surface area (Å²) in [7, 11) is -3.99. The van der Waals surface area contributed by atoms with Gasteiger partial charge in [-0.25, -0.2) is 18.2 Å². The summed E-state index contributed by atoms with van der Waals surface area (Å²) in [6.45, 7) is 1.65. The molecule has 166 valence electrons. The van der Waals surface area contributed by atoms with Gasteiger partial charge in [0.05, 0.1) is 29.5 Å². The third-order valence-electron chi connectivity index (χ3n) is 4.30. The Bertz CT molecular complexity index is 1370. The first kappa shape index (κ1) is 23.4. The molecule has 0 aliphatic carbocycles. The molecule has 0 aliphatic rings. The summed E-state index contributed by atoms with van der Waals surface area (Å²) >= 11 is 2.21. The maximum Gasteiger partial charge on any atom is 0.433 e. The van der Waals surface area contributed by atoms with E-state index >= 15 is 0 Å². The summed E-state index contributed by atoms with van der Waals surface area (Å²) in [6.07, 6.45) is 1.33. The Kier molecular flexibility index (Phi) is 6.62. The maximum absolute atomic E-state index is 13.4. The van der Waals surface area contributed by atoms with E-state index in [4.69, 9.17) is 10.8 Å². The van der Waals surface area contributed by atoms with E-state index in [0.717, 1.165) is 17.5 Å². The van der Waals surface area contributed by atoms with Crippen LogP contribution in [0.4, 0.5) is 10.5 Å². The average Bonchev–Trinajstić information content (AvgIpc) is 3.19. The molecule has 0 bridgehead atoms. The second-order valence-electron chi connectivity index (χ2n) is 6.39. The molecule has 3 rings (SSSR count). The molecule has 0 unspecified atom stereocenters. The Morgan fingerprint density at radius 3 is 2.62 bits per heavy atom. The first-order valence-corrected chi connectivity index (χ1v) is 12.3. The van der Waals surface area contributed by atoms with Crippen molar-refractivity contribution >= 4 is 50.6 Å². The Morgan fingerprint density at radius 2 is 2.03 bits per heavy atom. The molecule has 3 aromatic rings. The molecular formula is C19H16N4O6S3. The minimum atomic E-state index is -3.99. The smallest absolute Gasteiger partial charge is 0.433 e. The number of benzene rings is 1. The molecule has 0 spiro atoms. The molecule has 0 atom stereocenters. The van der Waals surface area contributed by atoms with Crippen molar-refractivity contribution in [1.29, 1.82) is 0 Å². The van der Waals surface area contributed by atoms with Crippen molar-refractivity contribution in [2.75, 3.05) is 6.26 Å². The highest BCUT2D eigenvalue weighted by atomic mass is 32.2. The van der Waals surface area contributed by atoms with Crippen molar-refractivity contribution in [3.63, 3.8) is 0 Å². The Hall–Kier alpha value is -3.29. The molecular weight excluding hydrogens is 476 g/mol. The van der Waals surface area contributed by atoms with Gasteiger partial charge in [-0.2, -0.15) is 4.99 Å². The van der Waals surface area contributed by atoms with Gasteiger partial charge >= 0.3 is 6.09 Å². The van der Waals surface area contributed by atoms with Crippen LogP contribution in [0.3, 0.4) is 0 Å². The van der Waals surface area contributed by atoms with Gasteiger partial charge in [0.25, 0.3) is 5.69 Å². The number of thiophene rings is 1. The normalized spacial score (nSPS) is 12.0. The lowest BCUT2D eigenvalue weighted by molar-refractivity contribution is -0.385. The number of sulfone groups is 1. The second-order valence-corrected chi connectivity index (χ2v) is 10.4. The van der Waals surface area contributed by atoms with Crippen LogP contribution in [-0.4, -0.2) is 41.6 Å². The first-order valence-electron chi connectivity index (χ1n) is 8.76. The summed E-state index contributed by atoms with van der Waals surface area (Å²) in [5.74, 6) is -0.293. The van der Waals surface area contributed by atoms with Crippen LogP contribution in [0.1, 0.15) is 10.4 Å². The van der Waals surface area contributed by atoms with E-state index in [2.05, 4.69) is 9.98 Å². The van der Waals surface area contributed by atoms with Crippen LogP contribution in [0.25, 0.3) is 11.3 Å². The molecule has 13 heteroatoms. The highest BCUT2D eigenvalue weighted by Gasteiger charge is 2.26. The molecule has 10 nitrogen and oxygen atoms in total. The lowest BCUT2D eigenvalue weighted by Crippen LogP contribution is -2.13. The molecule has 1 amide bonds. The first-order chi connectivity index (χ1) is 15.0. The van der Waals surface area contributed by atoms with E-state index < -0.39 is 20.9 Å². The van der Waals surface area contributed by atoms with Crippen molar-refractivity contribution in [3.8, 4) is 11.3 Å². The van der Waals surface area contributed by atoms with Gasteiger partial charge in [0.15, 0.2) is 0 Å². The highest BCUT2D eigenvalue weighted by molar-refractivity contribution is 8.01. The zero-order valence-corrected chi connectivity index (χ0v) is 19.1. The number of nitro groups is 1. The van der Waals surface area contributed by atoms with E-state index in [1.165, 1.54) is 36.0 Å². The monoisotopic (exact) mass is 492 g/mol. The number of hydrogen-bond acceptors (Lipinski definition) is 8. The summed E-state index contributed by atoms with van der Waals surface area (Å²) in [5.41, 5.74) is 6.94. The molecule has 0 fully saturated rings. The Morgan fingerprint density at radius 1 is 1.31 bits per heavy atom. The molecule has 1 aromatic carbocycles. The quantitative estimate of drug-likeness (QED) is 0.170. The van der Waals surface area contributed by atoms with Crippen molar-refractivity contribution in [3.05, 3.63) is 63.1 Å². The standard InChI is InChI=1S/C19H16N4O6S3/c1-10-6-12(23(26)27)9-21-16(10)11-4-3-5-13(7-11)32(28,29)15-8-14(31-18(15)30-2)17(20)22-19(24)25/h3-9H,1-2H3,(H2,20,22)(H,24,25). The lowest BCUT2D eigenvalue weighted by Gasteiger charge is -2.09. The van der Waals surface area contributed by atoms with Gasteiger partial charge in [-0.3, -0.25) is 10.1 Å². The van der Waals surface area contributed by atoms with Gasteiger partial charge in [0, 0.05) is 11.6 Å². The van der Waals surface area contributed by atoms with Crippen LogP contribution in [0.15, 0.2) is 61.6 Å². The van der Waals surface area contributed by atoms with E-state index in [-0.39, 0.29) is 26.2 Å². The van der Waals surface area contributed by atoms with Crippen molar-refractivity contribution in [2.24, 2.45) is 10.7 Å². The van der Waals surface area contributed by atoms with E-state index in [9.17, 15) is 23.3 Å². The number of rotatable bonds is 6. The van der Waals surface area contributed by atoms with E-state index in [0.29, 0.717) is 21.0 Å². The fraction of sp³-hybridized carbons (Fsp3) is 0.105. The number of pyridine rings is 1. The molecule has 0 radical (unpaired) electrons. The second kappa shape index (κ2) is 9.06. The van der Waals surface area contributed by atoms with Crippen LogP contribution in [0, 0.1) is 17.0 Å². The van der Waals surface area contributed by atoms with E-state index in [1.807, 2.05) is 0 Å². The number of amides is 1. The number of aromatic nitrogens is 1. The lowest BCUT2D eigenvalue weighted by atomic mass is 10.1. The number of nitrogens with two attached hydrogens (primary N) is 1. The SMILES string of the molecule is CSc1sc(/C(N)=N\C(=O)O)cc1S(=O)(=O)c1cccc(-c2ncc([N+](=O)[O-])cc2C)c1. The molecule has 32 heavy (non-hydrogen) atoms. The number of aliphatic imine (C=N–C) groups is 1. The molecule has 0 aliphatic heterocycles. The highest BCUT2D eigenvalue weighted by Crippen LogP contribution is 2.38. The van der Waals surface area contributed by atoms with Crippen molar-refractivity contribution in [1.82, 2.24) is 4.98 Å². The largest absolute Gasteiger partial charge is 0.463 e. The fourth-order valence-electron chi connectivity index (χ4n) is 2.87. The van der Waals surface area contributed by atoms with Gasteiger partial charge in [-0.15, -0.1) is 23.1 Å². The van der Waals surface area contributed by atoms with Crippen LogP contribution in [-0.2, 0) is 9.84 Å². The number of carboxylic acid groups (broad SMARTS) is 1. The number of aryl methyl sites for hydroxylation is 1. The summed E-state index contributed by atoms with van der Waals surface area (Å²) in [6, 6.07) is 8.74. The molecule has 2 aromatic heterocycles. The third-order valence-corrected chi connectivity index (χ3v) is 8.63. The zero-order chi connectivity index (χ0) is 23.6. The Balaban J connectivity index is 2.09. The van der Waals surface area contributed by atoms with Gasteiger partial charge in [-0.05, 0) is 36.9 Å². The molecule has 0 saturated carbocycles. The molecule has 0 saturated heterocycles. The summed E-state index contributed by atoms with van der Waals surface area (Å²) in [4.78, 5) is 28.7. The number of hydrogen-bond donors (Lipinski definition) is 2. The topological polar surface area (TPSA) is 166 Å². The average molecular weight is 493 g/mol. The van der Waals surface area contributed by atoms with Crippen LogP contribution >= 0.6 is 23.1 Å². The van der Waals surface area contributed by atoms with Crippen LogP contribution in [0.2, 0.25) is 0 Å². The Labute approximate surface area is 190 Å². The summed E-state index contributed by atoms with van der Waals surface area (Å²) in [5, 5.41) is 19.7. The van der Waals surface area contributed by atoms with Gasteiger partial charge < -0.3 is 10.8 Å². The van der Waals surface area contributed by atoms with Gasteiger partial charge in [-0.1, -0.05) is 12.1 Å². The van der Waals surface area contributed by atoms with E-state index in [1.54, 1.807) is 25.3 Å². The molecule has 2 heterocycles. The van der Waals surface area contributed by atoms with Crippen LogP contribution < -0.4 is 5.73 Å². The number of carbonyl (C=O) groups is 1. The number of thioether (sulfide) groups is 1. The fourth-order valence-corrected chi connectivity index (χ4v) is 6.81. The minimum Gasteiger partial charge on any atom is -0.463 e.